The van der Waals surface area contributed by atoms with Crippen LogP contribution in [0.2, 0.25) is 0 Å². The van der Waals surface area contributed by atoms with Gasteiger partial charge in [0.05, 0.1) is 7.11 Å². The molecule has 0 radical (unpaired) electrons. The fraction of sp³-hybridized carbons (Fsp3) is 0.625. The van der Waals surface area contributed by atoms with Crippen LogP contribution in [0, 0.1) is 11.8 Å². The first-order valence-electron chi connectivity index (χ1n) is 6.95. The fourth-order valence-corrected chi connectivity index (χ4v) is 1.93. The molecule has 1 aromatic rings. The van der Waals surface area contributed by atoms with Gasteiger partial charge in [-0.2, -0.15) is 0 Å². The average molecular weight is 249 g/mol. The minimum absolute atomic E-state index is 0.728. The van der Waals surface area contributed by atoms with Gasteiger partial charge < -0.3 is 10.1 Å². The third-order valence-corrected chi connectivity index (χ3v) is 3.13. The summed E-state index contributed by atoms with van der Waals surface area (Å²) in [5.74, 6) is 2.40. The molecule has 0 aliphatic carbocycles. The summed E-state index contributed by atoms with van der Waals surface area (Å²) >= 11 is 0. The number of nitrogens with one attached hydrogen (secondary N) is 1. The van der Waals surface area contributed by atoms with Crippen molar-refractivity contribution >= 4 is 0 Å². The maximum atomic E-state index is 5.16. The van der Waals surface area contributed by atoms with Gasteiger partial charge in [0.25, 0.3) is 0 Å². The molecular formula is C16H27NO. The SMILES string of the molecule is COc1ccc(CCC(C)CNCC(C)C)cc1. The molecule has 1 N–H and O–H groups in total. The van der Waals surface area contributed by atoms with Gasteiger partial charge in [-0.15, -0.1) is 0 Å². The Morgan fingerprint density at radius 1 is 1.06 bits per heavy atom. The molecule has 0 amide bonds. The third-order valence-electron chi connectivity index (χ3n) is 3.13. The molecule has 0 fully saturated rings. The summed E-state index contributed by atoms with van der Waals surface area (Å²) in [4.78, 5) is 0. The van der Waals surface area contributed by atoms with E-state index in [9.17, 15) is 0 Å². The number of methoxy groups -OCH3 is 1. The summed E-state index contributed by atoms with van der Waals surface area (Å²) in [5, 5.41) is 3.52. The van der Waals surface area contributed by atoms with Crippen LogP contribution in [0.25, 0.3) is 0 Å². The predicted octanol–water partition coefficient (Wildman–Crippen LogP) is 3.51. The highest BCUT2D eigenvalue weighted by atomic mass is 16.5. The Morgan fingerprint density at radius 3 is 2.28 bits per heavy atom. The molecule has 0 aromatic heterocycles. The van der Waals surface area contributed by atoms with E-state index in [-0.39, 0.29) is 0 Å². The fourth-order valence-electron chi connectivity index (χ4n) is 1.93. The van der Waals surface area contributed by atoms with Crippen molar-refractivity contribution in [3.8, 4) is 5.75 Å². The zero-order valence-electron chi connectivity index (χ0n) is 12.2. The van der Waals surface area contributed by atoms with Gasteiger partial charge >= 0.3 is 0 Å². The molecule has 0 bridgehead atoms. The molecular weight excluding hydrogens is 222 g/mol. The molecule has 0 spiro atoms. The molecule has 0 aliphatic rings. The lowest BCUT2D eigenvalue weighted by Crippen LogP contribution is -2.25. The minimum atomic E-state index is 0.728. The number of hydrogen-bond acceptors (Lipinski definition) is 2. The monoisotopic (exact) mass is 249 g/mol. The van der Waals surface area contributed by atoms with E-state index in [0.717, 1.165) is 37.1 Å². The van der Waals surface area contributed by atoms with E-state index in [1.807, 2.05) is 12.1 Å². The Balaban J connectivity index is 2.22. The largest absolute Gasteiger partial charge is 0.497 e. The zero-order chi connectivity index (χ0) is 13.4. The topological polar surface area (TPSA) is 21.3 Å². The molecule has 0 saturated carbocycles. The van der Waals surface area contributed by atoms with Crippen molar-refractivity contribution in [1.82, 2.24) is 5.32 Å². The first kappa shape index (κ1) is 15.0. The van der Waals surface area contributed by atoms with Crippen LogP contribution in [0.5, 0.6) is 5.75 Å². The Bertz CT molecular complexity index is 318. The first-order chi connectivity index (χ1) is 8.61. The van der Waals surface area contributed by atoms with Crippen molar-refractivity contribution in [2.75, 3.05) is 20.2 Å². The van der Waals surface area contributed by atoms with Gasteiger partial charge in [0.2, 0.25) is 0 Å². The lowest BCUT2D eigenvalue weighted by molar-refractivity contribution is 0.414. The van der Waals surface area contributed by atoms with Crippen LogP contribution >= 0.6 is 0 Å². The molecule has 2 heteroatoms. The van der Waals surface area contributed by atoms with Crippen molar-refractivity contribution in [3.63, 3.8) is 0 Å². The van der Waals surface area contributed by atoms with E-state index in [1.54, 1.807) is 7.11 Å². The Hall–Kier alpha value is -1.02. The number of benzene rings is 1. The number of ether oxygens (including phenoxy) is 1. The molecule has 102 valence electrons. The highest BCUT2D eigenvalue weighted by molar-refractivity contribution is 5.27. The standard InChI is InChI=1S/C16H27NO/c1-13(2)11-17-12-14(3)5-6-15-7-9-16(18-4)10-8-15/h7-10,13-14,17H,5-6,11-12H2,1-4H3. The molecule has 0 aliphatic heterocycles. The molecule has 1 unspecified atom stereocenters. The summed E-state index contributed by atoms with van der Waals surface area (Å²) < 4.78 is 5.16. The summed E-state index contributed by atoms with van der Waals surface area (Å²) in [7, 11) is 1.71. The van der Waals surface area contributed by atoms with Crippen LogP contribution in [0.1, 0.15) is 32.8 Å². The maximum Gasteiger partial charge on any atom is 0.118 e. The van der Waals surface area contributed by atoms with Crippen LogP contribution in [0.4, 0.5) is 0 Å². The van der Waals surface area contributed by atoms with Crippen LogP contribution < -0.4 is 10.1 Å². The quantitative estimate of drug-likeness (QED) is 0.761. The predicted molar refractivity (Wildman–Crippen MR) is 78.2 cm³/mol. The van der Waals surface area contributed by atoms with Crippen LogP contribution in [0.15, 0.2) is 24.3 Å². The number of rotatable bonds is 8. The first-order valence-corrected chi connectivity index (χ1v) is 6.95. The maximum absolute atomic E-state index is 5.16. The van der Waals surface area contributed by atoms with Crippen molar-refractivity contribution in [2.45, 2.75) is 33.6 Å². The Morgan fingerprint density at radius 2 is 1.72 bits per heavy atom. The lowest BCUT2D eigenvalue weighted by atomic mass is 10.0. The zero-order valence-corrected chi connectivity index (χ0v) is 12.2. The Labute approximate surface area is 112 Å². The number of hydrogen-bond donors (Lipinski definition) is 1. The summed E-state index contributed by atoms with van der Waals surface area (Å²) in [6, 6.07) is 8.40. The second kappa shape index (κ2) is 8.15. The molecule has 1 aromatic carbocycles. The van der Waals surface area contributed by atoms with E-state index < -0.39 is 0 Å². The highest BCUT2D eigenvalue weighted by Gasteiger charge is 2.03. The molecule has 0 saturated heterocycles. The van der Waals surface area contributed by atoms with Gasteiger partial charge in [0, 0.05) is 0 Å². The van der Waals surface area contributed by atoms with Gasteiger partial charge in [0.1, 0.15) is 5.75 Å². The van der Waals surface area contributed by atoms with E-state index in [4.69, 9.17) is 4.74 Å². The van der Waals surface area contributed by atoms with Crippen LogP contribution in [0.3, 0.4) is 0 Å². The number of aryl methyl sites for hydroxylation is 1. The van der Waals surface area contributed by atoms with Gasteiger partial charge in [-0.05, 0) is 55.5 Å². The van der Waals surface area contributed by atoms with Gasteiger partial charge in [-0.1, -0.05) is 32.9 Å². The summed E-state index contributed by atoms with van der Waals surface area (Å²) in [6.45, 7) is 9.04. The average Bonchev–Trinajstić information content (AvgIpc) is 2.36. The molecule has 1 atom stereocenters. The van der Waals surface area contributed by atoms with Gasteiger partial charge in [-0.3, -0.25) is 0 Å². The van der Waals surface area contributed by atoms with E-state index in [0.29, 0.717) is 0 Å². The van der Waals surface area contributed by atoms with Crippen molar-refractivity contribution in [2.24, 2.45) is 11.8 Å². The molecule has 1 rings (SSSR count). The normalized spacial score (nSPS) is 12.7. The second-order valence-electron chi connectivity index (χ2n) is 5.54. The summed E-state index contributed by atoms with van der Waals surface area (Å²) in [5.41, 5.74) is 1.39. The molecule has 18 heavy (non-hydrogen) atoms. The highest BCUT2D eigenvalue weighted by Crippen LogP contribution is 2.14. The molecule has 0 heterocycles. The summed E-state index contributed by atoms with van der Waals surface area (Å²) in [6.07, 6.45) is 2.38. The van der Waals surface area contributed by atoms with Crippen LogP contribution in [-0.2, 0) is 6.42 Å². The van der Waals surface area contributed by atoms with E-state index in [1.165, 1.54) is 12.0 Å². The van der Waals surface area contributed by atoms with Crippen molar-refractivity contribution < 1.29 is 4.74 Å². The van der Waals surface area contributed by atoms with E-state index in [2.05, 4.69) is 38.2 Å². The smallest absolute Gasteiger partial charge is 0.118 e. The minimum Gasteiger partial charge on any atom is -0.497 e. The third kappa shape index (κ3) is 6.06. The van der Waals surface area contributed by atoms with Gasteiger partial charge in [0.15, 0.2) is 0 Å². The van der Waals surface area contributed by atoms with Crippen molar-refractivity contribution in [3.05, 3.63) is 29.8 Å². The van der Waals surface area contributed by atoms with Crippen molar-refractivity contribution in [1.29, 1.82) is 0 Å². The van der Waals surface area contributed by atoms with E-state index >= 15 is 0 Å². The second-order valence-corrected chi connectivity index (χ2v) is 5.54. The van der Waals surface area contributed by atoms with Crippen LogP contribution in [-0.4, -0.2) is 20.2 Å². The van der Waals surface area contributed by atoms with Gasteiger partial charge in [-0.25, -0.2) is 0 Å². The molecule has 2 nitrogen and oxygen atoms in total. The lowest BCUT2D eigenvalue weighted by Gasteiger charge is -2.14. The Kier molecular flexibility index (Phi) is 6.81.